The monoisotopic (exact) mass is 266 g/mol. The average Bonchev–Trinajstić information content (AvgIpc) is 2.35. The molecule has 0 aliphatic heterocycles. The molecule has 1 amide bonds. The van der Waals surface area contributed by atoms with E-state index in [2.05, 4.69) is 0 Å². The number of hydrogen-bond acceptors (Lipinski definition) is 4. The van der Waals surface area contributed by atoms with Crippen molar-refractivity contribution in [3.8, 4) is 5.75 Å². The van der Waals surface area contributed by atoms with Crippen LogP contribution in [0.25, 0.3) is 0 Å². The van der Waals surface area contributed by atoms with Crippen LogP contribution in [0, 0.1) is 0 Å². The van der Waals surface area contributed by atoms with Gasteiger partial charge in [0, 0.05) is 20.5 Å². The molecule has 0 saturated heterocycles. The second-order valence-corrected chi connectivity index (χ2v) is 4.30. The highest BCUT2D eigenvalue weighted by Gasteiger charge is 2.08. The number of anilines is 1. The zero-order chi connectivity index (χ0) is 14.4. The van der Waals surface area contributed by atoms with Crippen LogP contribution in [0.4, 0.5) is 5.69 Å². The Balaban J connectivity index is 2.51. The first-order chi connectivity index (χ1) is 8.91. The number of nitrogens with two attached hydrogens (primary N) is 1. The van der Waals surface area contributed by atoms with E-state index in [-0.39, 0.29) is 11.5 Å². The lowest BCUT2D eigenvalue weighted by Gasteiger charge is -2.11. The molecule has 6 nitrogen and oxygen atoms in total. The van der Waals surface area contributed by atoms with Crippen molar-refractivity contribution in [3.05, 3.63) is 23.8 Å². The molecule has 1 rings (SSSR count). The van der Waals surface area contributed by atoms with Crippen LogP contribution < -0.4 is 10.5 Å². The number of aromatic carboxylic acids is 1. The maximum Gasteiger partial charge on any atom is 0.335 e. The number of carbonyl (C=O) groups excluding carboxylic acids is 1. The summed E-state index contributed by atoms with van der Waals surface area (Å²) in [6, 6.07) is 4.29. The summed E-state index contributed by atoms with van der Waals surface area (Å²) in [7, 11) is 3.38. The van der Waals surface area contributed by atoms with Gasteiger partial charge in [-0.1, -0.05) is 0 Å². The molecule has 0 aromatic heterocycles. The Morgan fingerprint density at radius 2 is 2.05 bits per heavy atom. The van der Waals surface area contributed by atoms with Gasteiger partial charge in [0.15, 0.2) is 0 Å². The maximum absolute atomic E-state index is 11.3. The van der Waals surface area contributed by atoms with Gasteiger partial charge in [-0.05, 0) is 24.6 Å². The van der Waals surface area contributed by atoms with Gasteiger partial charge >= 0.3 is 5.97 Å². The van der Waals surface area contributed by atoms with E-state index in [1.807, 2.05) is 0 Å². The van der Waals surface area contributed by atoms with Gasteiger partial charge in [-0.25, -0.2) is 4.79 Å². The summed E-state index contributed by atoms with van der Waals surface area (Å²) in [6.07, 6.45) is 0.930. The first-order valence-electron chi connectivity index (χ1n) is 5.87. The van der Waals surface area contributed by atoms with Crippen LogP contribution in [0.15, 0.2) is 18.2 Å². The van der Waals surface area contributed by atoms with Crippen molar-refractivity contribution in [1.29, 1.82) is 0 Å². The van der Waals surface area contributed by atoms with E-state index in [0.717, 1.165) is 0 Å². The lowest BCUT2D eigenvalue weighted by molar-refractivity contribution is -0.128. The van der Waals surface area contributed by atoms with Crippen LogP contribution in [-0.4, -0.2) is 42.6 Å². The number of rotatable bonds is 6. The predicted octanol–water partition coefficient (Wildman–Crippen LogP) is 1.21. The quantitative estimate of drug-likeness (QED) is 0.596. The van der Waals surface area contributed by atoms with E-state index in [4.69, 9.17) is 15.6 Å². The Bertz CT molecular complexity index is 472. The van der Waals surface area contributed by atoms with Crippen LogP contribution in [-0.2, 0) is 4.79 Å². The summed E-state index contributed by atoms with van der Waals surface area (Å²) in [5.41, 5.74) is 6.18. The van der Waals surface area contributed by atoms with Gasteiger partial charge in [-0.3, -0.25) is 4.79 Å². The molecule has 0 heterocycles. The van der Waals surface area contributed by atoms with Gasteiger partial charge in [-0.15, -0.1) is 0 Å². The van der Waals surface area contributed by atoms with Crippen LogP contribution >= 0.6 is 0 Å². The first-order valence-corrected chi connectivity index (χ1v) is 5.87. The Morgan fingerprint density at radius 1 is 1.37 bits per heavy atom. The third-order valence-corrected chi connectivity index (χ3v) is 2.55. The van der Waals surface area contributed by atoms with Crippen LogP contribution in [0.5, 0.6) is 5.75 Å². The van der Waals surface area contributed by atoms with Crippen molar-refractivity contribution in [2.24, 2.45) is 0 Å². The van der Waals surface area contributed by atoms with Crippen molar-refractivity contribution >= 4 is 17.6 Å². The molecule has 0 saturated carbocycles. The molecule has 6 heteroatoms. The van der Waals surface area contributed by atoms with E-state index in [0.29, 0.717) is 30.9 Å². The minimum Gasteiger partial charge on any atom is -0.491 e. The third-order valence-electron chi connectivity index (χ3n) is 2.55. The standard InChI is InChI=1S/C13H18N2O4/c1-15(2)12(16)4-3-7-19-11-8-9(13(17)18)5-6-10(11)14/h5-6,8H,3-4,7,14H2,1-2H3,(H,17,18). The number of ether oxygens (including phenoxy) is 1. The maximum atomic E-state index is 11.3. The van der Waals surface area contributed by atoms with Gasteiger partial charge in [-0.2, -0.15) is 0 Å². The zero-order valence-electron chi connectivity index (χ0n) is 11.0. The second-order valence-electron chi connectivity index (χ2n) is 4.30. The molecule has 1 aromatic rings. The van der Waals surface area contributed by atoms with Crippen LogP contribution in [0.3, 0.4) is 0 Å². The number of carboxylic acid groups (broad SMARTS) is 1. The number of hydrogen-bond donors (Lipinski definition) is 2. The van der Waals surface area contributed by atoms with Crippen molar-refractivity contribution in [3.63, 3.8) is 0 Å². The van der Waals surface area contributed by atoms with Crippen LogP contribution in [0.1, 0.15) is 23.2 Å². The molecule has 19 heavy (non-hydrogen) atoms. The number of benzene rings is 1. The molecule has 104 valence electrons. The smallest absolute Gasteiger partial charge is 0.335 e. The van der Waals surface area contributed by atoms with E-state index in [9.17, 15) is 9.59 Å². The normalized spacial score (nSPS) is 10.0. The Kier molecular flexibility index (Phi) is 5.17. The fraction of sp³-hybridized carbons (Fsp3) is 0.385. The molecule has 1 aromatic carbocycles. The number of carboxylic acids is 1. The number of nitrogen functional groups attached to an aromatic ring is 1. The molecule has 0 fully saturated rings. The minimum absolute atomic E-state index is 0.0239. The molecule has 3 N–H and O–H groups in total. The van der Waals surface area contributed by atoms with Gasteiger partial charge in [0.05, 0.1) is 17.9 Å². The lowest BCUT2D eigenvalue weighted by Crippen LogP contribution is -2.21. The summed E-state index contributed by atoms with van der Waals surface area (Å²) < 4.78 is 5.40. The molecule has 0 bridgehead atoms. The largest absolute Gasteiger partial charge is 0.491 e. The SMILES string of the molecule is CN(C)C(=O)CCCOc1cc(C(=O)O)ccc1N. The van der Waals surface area contributed by atoms with Crippen molar-refractivity contribution < 1.29 is 19.4 Å². The van der Waals surface area contributed by atoms with Crippen molar-refractivity contribution in [2.75, 3.05) is 26.4 Å². The van der Waals surface area contributed by atoms with Gasteiger partial charge in [0.25, 0.3) is 0 Å². The summed E-state index contributed by atoms with van der Waals surface area (Å²) in [6.45, 7) is 0.312. The Hall–Kier alpha value is -2.24. The molecule has 0 atom stereocenters. The summed E-state index contributed by atoms with van der Waals surface area (Å²) in [4.78, 5) is 23.7. The zero-order valence-corrected chi connectivity index (χ0v) is 11.0. The van der Waals surface area contributed by atoms with Crippen molar-refractivity contribution in [1.82, 2.24) is 4.90 Å². The molecule has 0 spiro atoms. The van der Waals surface area contributed by atoms with Gasteiger partial charge in [0.1, 0.15) is 5.75 Å². The second kappa shape index (κ2) is 6.63. The molecular formula is C13H18N2O4. The molecule has 0 aliphatic carbocycles. The average molecular weight is 266 g/mol. The fourth-order valence-corrected chi connectivity index (χ4v) is 1.42. The van der Waals surface area contributed by atoms with E-state index in [1.54, 1.807) is 14.1 Å². The Labute approximate surface area is 111 Å². The van der Waals surface area contributed by atoms with E-state index >= 15 is 0 Å². The van der Waals surface area contributed by atoms with Crippen molar-refractivity contribution in [2.45, 2.75) is 12.8 Å². The molecule has 0 unspecified atom stereocenters. The highest BCUT2D eigenvalue weighted by molar-refractivity contribution is 5.89. The number of carbonyl (C=O) groups is 2. The summed E-state index contributed by atoms with van der Waals surface area (Å²) in [5.74, 6) is -0.680. The van der Waals surface area contributed by atoms with Gasteiger partial charge < -0.3 is 20.5 Å². The Morgan fingerprint density at radius 3 is 2.63 bits per heavy atom. The number of amides is 1. The van der Waals surface area contributed by atoms with E-state index < -0.39 is 5.97 Å². The number of nitrogens with zero attached hydrogens (tertiary/aromatic N) is 1. The summed E-state index contributed by atoms with van der Waals surface area (Å²) >= 11 is 0. The lowest BCUT2D eigenvalue weighted by atomic mass is 10.2. The topological polar surface area (TPSA) is 92.9 Å². The third kappa shape index (κ3) is 4.50. The fourth-order valence-electron chi connectivity index (χ4n) is 1.42. The minimum atomic E-state index is -1.03. The van der Waals surface area contributed by atoms with Crippen LogP contribution in [0.2, 0.25) is 0 Å². The summed E-state index contributed by atoms with van der Waals surface area (Å²) in [5, 5.41) is 8.86. The van der Waals surface area contributed by atoms with Gasteiger partial charge in [0.2, 0.25) is 5.91 Å². The predicted molar refractivity (Wildman–Crippen MR) is 71.2 cm³/mol. The molecule has 0 radical (unpaired) electrons. The first kappa shape index (κ1) is 14.8. The highest BCUT2D eigenvalue weighted by atomic mass is 16.5. The molecular weight excluding hydrogens is 248 g/mol. The highest BCUT2D eigenvalue weighted by Crippen LogP contribution is 2.23. The van der Waals surface area contributed by atoms with E-state index in [1.165, 1.54) is 23.1 Å². The molecule has 0 aliphatic rings.